The molecule has 2 aliphatic rings. The molecule has 3 rings (SSSR count). The third-order valence-corrected chi connectivity index (χ3v) is 4.63. The van der Waals surface area contributed by atoms with E-state index in [2.05, 4.69) is 5.32 Å². The third-order valence-electron chi connectivity index (χ3n) is 4.28. The summed E-state index contributed by atoms with van der Waals surface area (Å²) < 4.78 is 13.8. The second-order valence-corrected chi connectivity index (χ2v) is 6.35. The lowest BCUT2D eigenvalue weighted by Gasteiger charge is -2.26. The Kier molecular flexibility index (Phi) is 4.45. The fraction of sp³-hybridized carbons (Fsp3) is 0.562. The molecular formula is C16H20ClFN2O. The fourth-order valence-corrected chi connectivity index (χ4v) is 3.17. The van der Waals surface area contributed by atoms with Crippen LogP contribution in [0, 0.1) is 5.82 Å². The minimum absolute atomic E-state index is 0.0156. The molecule has 1 aromatic rings. The molecule has 0 radical (unpaired) electrons. The number of rotatable bonds is 5. The minimum Gasteiger partial charge on any atom is -0.338 e. The number of hydrogen-bond donors (Lipinski definition) is 1. The number of carbonyl (C=O) groups excluding carboxylic acids is 1. The van der Waals surface area contributed by atoms with Crippen LogP contribution in [0.15, 0.2) is 18.2 Å². The molecule has 1 N–H and O–H groups in total. The van der Waals surface area contributed by atoms with Gasteiger partial charge in [-0.2, -0.15) is 0 Å². The topological polar surface area (TPSA) is 32.3 Å². The molecule has 0 spiro atoms. The Morgan fingerprint density at radius 3 is 2.81 bits per heavy atom. The SMILES string of the molecule is O=C(Cc1c(F)cccc1Cl)N(CC1CCCN1)C1CC1. The van der Waals surface area contributed by atoms with Gasteiger partial charge in [0.05, 0.1) is 6.42 Å². The maximum absolute atomic E-state index is 13.8. The molecule has 1 saturated heterocycles. The Balaban J connectivity index is 1.69. The molecule has 5 heteroatoms. The summed E-state index contributed by atoms with van der Waals surface area (Å²) in [6.07, 6.45) is 4.44. The molecule has 1 aliphatic carbocycles. The highest BCUT2D eigenvalue weighted by Gasteiger charge is 2.34. The predicted molar refractivity (Wildman–Crippen MR) is 80.9 cm³/mol. The number of nitrogens with zero attached hydrogens (tertiary/aromatic N) is 1. The summed E-state index contributed by atoms with van der Waals surface area (Å²) in [6, 6.07) is 5.27. The summed E-state index contributed by atoms with van der Waals surface area (Å²) in [6.45, 7) is 1.76. The van der Waals surface area contributed by atoms with Crippen LogP contribution in [0.4, 0.5) is 4.39 Å². The van der Waals surface area contributed by atoms with Crippen LogP contribution in [0.5, 0.6) is 0 Å². The zero-order valence-corrected chi connectivity index (χ0v) is 12.7. The summed E-state index contributed by atoms with van der Waals surface area (Å²) in [7, 11) is 0. The van der Waals surface area contributed by atoms with Gasteiger partial charge in [0.1, 0.15) is 5.82 Å². The second kappa shape index (κ2) is 6.32. The van der Waals surface area contributed by atoms with Gasteiger partial charge in [-0.25, -0.2) is 4.39 Å². The van der Waals surface area contributed by atoms with E-state index in [0.29, 0.717) is 22.7 Å². The quantitative estimate of drug-likeness (QED) is 0.907. The van der Waals surface area contributed by atoms with Crippen molar-refractivity contribution < 1.29 is 9.18 Å². The summed E-state index contributed by atoms with van der Waals surface area (Å²) in [5.41, 5.74) is 0.314. The molecule has 1 aliphatic heterocycles. The number of nitrogens with one attached hydrogen (secondary N) is 1. The first-order valence-corrected chi connectivity index (χ1v) is 7.98. The summed E-state index contributed by atoms with van der Waals surface area (Å²) in [4.78, 5) is 14.5. The van der Waals surface area contributed by atoms with Crippen molar-refractivity contribution in [2.45, 2.75) is 44.2 Å². The average Bonchev–Trinajstić information content (AvgIpc) is 3.17. The van der Waals surface area contributed by atoms with E-state index >= 15 is 0 Å². The van der Waals surface area contributed by atoms with Gasteiger partial charge in [-0.3, -0.25) is 4.79 Å². The van der Waals surface area contributed by atoms with Crippen molar-refractivity contribution in [3.05, 3.63) is 34.6 Å². The summed E-state index contributed by atoms with van der Waals surface area (Å²) >= 11 is 6.02. The first-order valence-electron chi connectivity index (χ1n) is 7.61. The van der Waals surface area contributed by atoms with Crippen LogP contribution >= 0.6 is 11.6 Å². The van der Waals surface area contributed by atoms with Crippen molar-refractivity contribution in [3.63, 3.8) is 0 Å². The Bertz CT molecular complexity index is 507. The van der Waals surface area contributed by atoms with E-state index in [9.17, 15) is 9.18 Å². The van der Waals surface area contributed by atoms with Gasteiger partial charge in [0, 0.05) is 29.2 Å². The van der Waals surface area contributed by atoms with E-state index in [1.807, 2.05) is 4.90 Å². The standard InChI is InChI=1S/C16H20ClFN2O/c17-14-4-1-5-15(18)13(14)9-16(21)20(12-6-7-12)10-11-3-2-8-19-11/h1,4-5,11-12,19H,2-3,6-10H2. The maximum atomic E-state index is 13.8. The highest BCUT2D eigenvalue weighted by molar-refractivity contribution is 6.31. The van der Waals surface area contributed by atoms with Crippen molar-refractivity contribution in [2.75, 3.05) is 13.1 Å². The lowest BCUT2D eigenvalue weighted by Crippen LogP contribution is -2.43. The zero-order chi connectivity index (χ0) is 14.8. The van der Waals surface area contributed by atoms with Crippen LogP contribution in [0.25, 0.3) is 0 Å². The zero-order valence-electron chi connectivity index (χ0n) is 11.9. The van der Waals surface area contributed by atoms with Crippen molar-refractivity contribution in [1.29, 1.82) is 0 Å². The van der Waals surface area contributed by atoms with Crippen LogP contribution in [0.2, 0.25) is 5.02 Å². The molecule has 1 heterocycles. The average molecular weight is 311 g/mol. The molecule has 114 valence electrons. The van der Waals surface area contributed by atoms with E-state index in [1.165, 1.54) is 6.07 Å². The molecule has 0 aromatic heterocycles. The minimum atomic E-state index is -0.398. The maximum Gasteiger partial charge on any atom is 0.227 e. The number of benzene rings is 1. The predicted octanol–water partition coefficient (Wildman–Crippen LogP) is 2.76. The molecule has 3 nitrogen and oxygen atoms in total. The van der Waals surface area contributed by atoms with Crippen LogP contribution < -0.4 is 5.32 Å². The molecule has 1 saturated carbocycles. The first kappa shape index (κ1) is 14.8. The lowest BCUT2D eigenvalue weighted by molar-refractivity contribution is -0.131. The molecule has 1 unspecified atom stereocenters. The van der Waals surface area contributed by atoms with Gasteiger partial charge in [-0.15, -0.1) is 0 Å². The van der Waals surface area contributed by atoms with Crippen LogP contribution in [0.3, 0.4) is 0 Å². The molecular weight excluding hydrogens is 291 g/mol. The van der Waals surface area contributed by atoms with Gasteiger partial charge < -0.3 is 10.2 Å². The van der Waals surface area contributed by atoms with Crippen molar-refractivity contribution in [2.24, 2.45) is 0 Å². The lowest BCUT2D eigenvalue weighted by atomic mass is 10.1. The third kappa shape index (κ3) is 3.55. The Hall–Kier alpha value is -1.13. The Morgan fingerprint density at radius 1 is 1.38 bits per heavy atom. The van der Waals surface area contributed by atoms with Crippen LogP contribution in [-0.4, -0.2) is 36.0 Å². The number of hydrogen-bond acceptors (Lipinski definition) is 2. The highest BCUT2D eigenvalue weighted by Crippen LogP contribution is 2.29. The molecule has 0 bridgehead atoms. The first-order chi connectivity index (χ1) is 10.1. The van der Waals surface area contributed by atoms with E-state index in [0.717, 1.165) is 38.8 Å². The molecule has 21 heavy (non-hydrogen) atoms. The number of halogens is 2. The van der Waals surface area contributed by atoms with E-state index in [4.69, 9.17) is 11.6 Å². The van der Waals surface area contributed by atoms with E-state index in [1.54, 1.807) is 12.1 Å². The highest BCUT2D eigenvalue weighted by atomic mass is 35.5. The number of amides is 1. The monoisotopic (exact) mass is 310 g/mol. The molecule has 1 amide bonds. The van der Waals surface area contributed by atoms with Crippen LogP contribution in [0.1, 0.15) is 31.2 Å². The van der Waals surface area contributed by atoms with Gasteiger partial charge in [-0.05, 0) is 44.4 Å². The van der Waals surface area contributed by atoms with Crippen molar-refractivity contribution in [3.8, 4) is 0 Å². The summed E-state index contributed by atoms with van der Waals surface area (Å²) in [5, 5.41) is 3.75. The smallest absolute Gasteiger partial charge is 0.227 e. The largest absolute Gasteiger partial charge is 0.338 e. The Morgan fingerprint density at radius 2 is 2.19 bits per heavy atom. The van der Waals surface area contributed by atoms with Crippen LogP contribution in [-0.2, 0) is 11.2 Å². The molecule has 2 fully saturated rings. The molecule has 1 atom stereocenters. The number of carbonyl (C=O) groups is 1. The normalized spacial score (nSPS) is 21.5. The van der Waals surface area contributed by atoms with E-state index in [-0.39, 0.29) is 12.3 Å². The van der Waals surface area contributed by atoms with Gasteiger partial charge >= 0.3 is 0 Å². The van der Waals surface area contributed by atoms with Gasteiger partial charge in [0.25, 0.3) is 0 Å². The van der Waals surface area contributed by atoms with Gasteiger partial charge in [-0.1, -0.05) is 17.7 Å². The van der Waals surface area contributed by atoms with Crippen molar-refractivity contribution in [1.82, 2.24) is 10.2 Å². The van der Waals surface area contributed by atoms with Gasteiger partial charge in [0.15, 0.2) is 0 Å². The molecule has 1 aromatic carbocycles. The second-order valence-electron chi connectivity index (χ2n) is 5.95. The fourth-order valence-electron chi connectivity index (χ4n) is 2.94. The van der Waals surface area contributed by atoms with Crippen molar-refractivity contribution >= 4 is 17.5 Å². The summed E-state index contributed by atoms with van der Waals surface area (Å²) in [5.74, 6) is -0.413. The van der Waals surface area contributed by atoms with Gasteiger partial charge in [0.2, 0.25) is 5.91 Å². The Labute approximate surface area is 129 Å². The van der Waals surface area contributed by atoms with E-state index < -0.39 is 5.82 Å².